The molecule has 1 aliphatic carbocycles. The Balaban J connectivity index is 1.07. The van der Waals surface area contributed by atoms with Crippen LogP contribution in [0.4, 0.5) is 0 Å². The van der Waals surface area contributed by atoms with Crippen LogP contribution in [0, 0.1) is 11.8 Å². The quantitative estimate of drug-likeness (QED) is 0.648. The highest BCUT2D eigenvalue weighted by Gasteiger charge is 2.39. The number of nitrogens with one attached hydrogen (secondary N) is 1. The van der Waals surface area contributed by atoms with Crippen molar-refractivity contribution in [3.05, 3.63) is 58.9 Å². The van der Waals surface area contributed by atoms with Gasteiger partial charge in [0.15, 0.2) is 0 Å². The van der Waals surface area contributed by atoms with Gasteiger partial charge in [0.2, 0.25) is 5.91 Å². The molecule has 1 amide bonds. The van der Waals surface area contributed by atoms with Crippen molar-refractivity contribution in [2.24, 2.45) is 16.8 Å². The Bertz CT molecular complexity index is 1180. The molecule has 0 bridgehead atoms. The zero-order valence-electron chi connectivity index (χ0n) is 21.2. The molecule has 3 aliphatic heterocycles. The number of fused-ring (bicyclic) bond motifs is 1. The predicted molar refractivity (Wildman–Crippen MR) is 140 cm³/mol. The summed E-state index contributed by atoms with van der Waals surface area (Å²) in [5, 5.41) is 16.0. The summed E-state index contributed by atoms with van der Waals surface area (Å²) in [6, 6.07) is 12.6. The second-order valence-electron chi connectivity index (χ2n) is 11.4. The second kappa shape index (κ2) is 10.0. The van der Waals surface area contributed by atoms with E-state index in [-0.39, 0.29) is 17.7 Å². The minimum atomic E-state index is -0.790. The number of piperidine rings is 2. The van der Waals surface area contributed by atoms with Crippen molar-refractivity contribution in [1.82, 2.24) is 19.7 Å². The molecule has 6 rings (SSSR count). The maximum atomic E-state index is 13.6. The Kier molecular flexibility index (Phi) is 6.61. The van der Waals surface area contributed by atoms with Crippen LogP contribution >= 0.6 is 0 Å². The number of rotatable bonds is 6. The van der Waals surface area contributed by atoms with Crippen molar-refractivity contribution in [1.29, 1.82) is 0 Å². The molecule has 3 fully saturated rings. The van der Waals surface area contributed by atoms with E-state index in [1.54, 1.807) is 0 Å². The number of hydrogen-bond acceptors (Lipinski definition) is 5. The van der Waals surface area contributed by atoms with Gasteiger partial charge in [0.05, 0.1) is 5.60 Å². The highest BCUT2D eigenvalue weighted by Crippen LogP contribution is 2.33. The molecule has 0 unspecified atom stereocenters. The van der Waals surface area contributed by atoms with Crippen LogP contribution in [-0.2, 0) is 11.3 Å². The van der Waals surface area contributed by atoms with Gasteiger partial charge in [-0.1, -0.05) is 36.8 Å². The van der Waals surface area contributed by atoms with Crippen LogP contribution < -0.4 is 16.0 Å². The van der Waals surface area contributed by atoms with Crippen molar-refractivity contribution in [3.63, 3.8) is 0 Å². The molecule has 1 saturated carbocycles. The van der Waals surface area contributed by atoms with Gasteiger partial charge in [-0.2, -0.15) is 0 Å². The smallest absolute Gasteiger partial charge is 0.226 e. The average Bonchev–Trinajstić information content (AvgIpc) is 3.28. The third-order valence-corrected chi connectivity index (χ3v) is 8.90. The zero-order chi connectivity index (χ0) is 24.5. The fraction of sp³-hybridized carbons (Fsp3) is 0.586. The number of likely N-dealkylation sites (tertiary alicyclic amines) is 1. The molecule has 7 heteroatoms. The van der Waals surface area contributed by atoms with Crippen LogP contribution in [0.3, 0.4) is 0 Å². The number of amides is 1. The summed E-state index contributed by atoms with van der Waals surface area (Å²) in [7, 11) is 0. The third kappa shape index (κ3) is 4.83. The number of carbonyl (C=O) groups is 1. The molecule has 0 spiro atoms. The van der Waals surface area contributed by atoms with Crippen LogP contribution in [0.25, 0.3) is 6.20 Å². The molecule has 192 valence electrons. The summed E-state index contributed by atoms with van der Waals surface area (Å²) >= 11 is 0. The van der Waals surface area contributed by atoms with Gasteiger partial charge in [0.1, 0.15) is 12.2 Å². The summed E-state index contributed by atoms with van der Waals surface area (Å²) in [5.74, 6) is 1.28. The number of hydrogen-bond donors (Lipinski definition) is 2. The summed E-state index contributed by atoms with van der Waals surface area (Å²) in [4.78, 5) is 22.6. The predicted octanol–water partition coefficient (Wildman–Crippen LogP) is 1.67. The molecule has 1 aromatic carbocycles. The SMILES string of the molecule is O=C([C@@H]1CCNC[C@H]1c1ccccc1)N1CCC(O)(CN2C=c3ccn(CC4CCC4)c3=NC2)CC1. The third-order valence-electron chi connectivity index (χ3n) is 8.90. The molecule has 36 heavy (non-hydrogen) atoms. The lowest BCUT2D eigenvalue weighted by atomic mass is 9.80. The van der Waals surface area contributed by atoms with Gasteiger partial charge in [0.25, 0.3) is 0 Å². The molecule has 7 nitrogen and oxygen atoms in total. The van der Waals surface area contributed by atoms with Crippen LogP contribution in [0.1, 0.15) is 50.0 Å². The zero-order valence-corrected chi connectivity index (χ0v) is 21.2. The first kappa shape index (κ1) is 23.7. The Hall–Kier alpha value is -2.64. The Morgan fingerprint density at radius 2 is 1.92 bits per heavy atom. The summed E-state index contributed by atoms with van der Waals surface area (Å²) in [6.45, 7) is 5.19. The Morgan fingerprint density at radius 1 is 1.11 bits per heavy atom. The van der Waals surface area contributed by atoms with E-state index in [2.05, 4.69) is 57.5 Å². The van der Waals surface area contributed by atoms with Gasteiger partial charge in [-0.15, -0.1) is 0 Å². The van der Waals surface area contributed by atoms with Crippen LogP contribution in [-0.4, -0.2) is 70.4 Å². The molecule has 1 aromatic heterocycles. The highest BCUT2D eigenvalue weighted by atomic mass is 16.3. The molecule has 4 heterocycles. The van der Waals surface area contributed by atoms with Crippen LogP contribution in [0.2, 0.25) is 0 Å². The van der Waals surface area contributed by atoms with Gasteiger partial charge < -0.3 is 24.8 Å². The number of nitrogens with zero attached hydrogens (tertiary/aromatic N) is 4. The fourth-order valence-electron chi connectivity index (χ4n) is 6.47. The van der Waals surface area contributed by atoms with Crippen LogP contribution in [0.5, 0.6) is 0 Å². The van der Waals surface area contributed by atoms with Gasteiger partial charge in [-0.3, -0.25) is 4.79 Å². The highest BCUT2D eigenvalue weighted by molar-refractivity contribution is 5.80. The first-order valence-corrected chi connectivity index (χ1v) is 13.8. The monoisotopic (exact) mass is 489 g/mol. The van der Waals surface area contributed by atoms with Gasteiger partial charge in [-0.25, -0.2) is 4.99 Å². The number of benzene rings is 1. The molecule has 2 atom stereocenters. The van der Waals surface area contributed by atoms with E-state index >= 15 is 0 Å². The van der Waals surface area contributed by atoms with E-state index in [1.807, 2.05) is 11.0 Å². The van der Waals surface area contributed by atoms with Crippen molar-refractivity contribution < 1.29 is 9.90 Å². The fourth-order valence-corrected chi connectivity index (χ4v) is 6.47. The normalized spacial score (nSPS) is 25.9. The van der Waals surface area contributed by atoms with E-state index in [9.17, 15) is 9.90 Å². The lowest BCUT2D eigenvalue weighted by molar-refractivity contribution is -0.141. The second-order valence-corrected chi connectivity index (χ2v) is 11.4. The maximum absolute atomic E-state index is 13.6. The molecule has 2 N–H and O–H groups in total. The summed E-state index contributed by atoms with van der Waals surface area (Å²) < 4.78 is 2.30. The minimum absolute atomic E-state index is 0.0106. The average molecular weight is 490 g/mol. The maximum Gasteiger partial charge on any atom is 0.226 e. The van der Waals surface area contributed by atoms with Gasteiger partial charge in [0, 0.05) is 62.2 Å². The number of aliphatic hydroxyl groups is 1. The first-order chi connectivity index (χ1) is 17.6. The topological polar surface area (TPSA) is 73.1 Å². The largest absolute Gasteiger partial charge is 0.388 e. The van der Waals surface area contributed by atoms with Gasteiger partial charge >= 0.3 is 0 Å². The van der Waals surface area contributed by atoms with E-state index in [1.165, 1.54) is 24.8 Å². The van der Waals surface area contributed by atoms with E-state index in [4.69, 9.17) is 4.99 Å². The van der Waals surface area contributed by atoms with E-state index in [0.717, 1.165) is 42.7 Å². The number of β-amino-alcohol motifs (C(OH)–C–C–N with tert-alkyl or cyclic N) is 1. The molecular weight excluding hydrogens is 450 g/mol. The van der Waals surface area contributed by atoms with Crippen molar-refractivity contribution in [2.45, 2.75) is 56.6 Å². The van der Waals surface area contributed by atoms with Gasteiger partial charge in [-0.05, 0) is 56.2 Å². The van der Waals surface area contributed by atoms with Crippen molar-refractivity contribution >= 4 is 12.1 Å². The number of carbonyl (C=O) groups excluding carboxylic acids is 1. The molecular formula is C29H39N5O2. The molecule has 0 radical (unpaired) electrons. The summed E-state index contributed by atoms with van der Waals surface area (Å²) in [6.07, 6.45) is 10.4. The van der Waals surface area contributed by atoms with E-state index in [0.29, 0.717) is 39.1 Å². The van der Waals surface area contributed by atoms with Crippen molar-refractivity contribution in [3.8, 4) is 0 Å². The van der Waals surface area contributed by atoms with Crippen molar-refractivity contribution in [2.75, 3.05) is 39.4 Å². The van der Waals surface area contributed by atoms with E-state index < -0.39 is 5.60 Å². The Labute approximate surface area is 213 Å². The lowest BCUT2D eigenvalue weighted by Crippen LogP contribution is -2.54. The van der Waals surface area contributed by atoms with Crippen LogP contribution in [0.15, 0.2) is 47.6 Å². The Morgan fingerprint density at radius 3 is 2.67 bits per heavy atom. The molecule has 2 saturated heterocycles. The molecule has 2 aromatic rings. The minimum Gasteiger partial charge on any atom is -0.388 e. The number of aromatic nitrogens is 1. The first-order valence-electron chi connectivity index (χ1n) is 13.8. The molecule has 4 aliphatic rings. The standard InChI is InChI=1S/C29H39N5O2/c35-28(25-9-13-30-17-26(25)23-7-2-1-3-8-23)33-15-11-29(36,12-16-33)20-32-19-24-10-14-34(27(24)31-21-32)18-22-5-4-6-22/h1-3,7-8,10,14,19,22,25-26,30,36H,4-6,9,11-13,15-18,20-21H2/t25-,26+/m1/s1. The summed E-state index contributed by atoms with van der Waals surface area (Å²) in [5.41, 5.74) is 1.53. The lowest BCUT2D eigenvalue weighted by Gasteiger charge is -2.43.